The fourth-order valence-electron chi connectivity index (χ4n) is 2.79. The van der Waals surface area contributed by atoms with E-state index in [9.17, 15) is 18.8 Å². The summed E-state index contributed by atoms with van der Waals surface area (Å²) in [6.45, 7) is 7.37. The maximum atomic E-state index is 13.4. The number of benzene rings is 1. The van der Waals surface area contributed by atoms with Crippen LogP contribution in [0.2, 0.25) is 5.02 Å². The standard InChI is InChI=1S/C17H19ClFN3O3/c1-16(2)8-10(17(3,4)22-16)13(23)21-15(25)14(24)20-9-5-6-11(18)12(19)7-9/h5-8,22H,1-4H3,(H,20,24)(H,21,23,25). The molecular formula is C17H19ClFN3O3. The minimum Gasteiger partial charge on any atom is -0.318 e. The molecule has 0 aromatic heterocycles. The van der Waals surface area contributed by atoms with Gasteiger partial charge in [0.25, 0.3) is 5.91 Å². The van der Waals surface area contributed by atoms with Crippen molar-refractivity contribution in [3.8, 4) is 0 Å². The number of hydrogen-bond donors (Lipinski definition) is 3. The molecule has 1 aromatic carbocycles. The molecule has 2 rings (SSSR count). The highest BCUT2D eigenvalue weighted by molar-refractivity contribution is 6.42. The highest BCUT2D eigenvalue weighted by Crippen LogP contribution is 2.29. The van der Waals surface area contributed by atoms with Crippen molar-refractivity contribution in [1.82, 2.24) is 10.6 Å². The summed E-state index contributed by atoms with van der Waals surface area (Å²) in [6, 6.07) is 3.56. The van der Waals surface area contributed by atoms with Crippen LogP contribution in [0.1, 0.15) is 27.7 Å². The summed E-state index contributed by atoms with van der Waals surface area (Å²) < 4.78 is 13.4. The molecule has 0 spiro atoms. The van der Waals surface area contributed by atoms with Gasteiger partial charge in [-0.05, 0) is 45.9 Å². The monoisotopic (exact) mass is 367 g/mol. The molecule has 0 bridgehead atoms. The molecule has 3 N–H and O–H groups in total. The number of anilines is 1. The van der Waals surface area contributed by atoms with Crippen molar-refractivity contribution in [2.24, 2.45) is 0 Å². The number of rotatable bonds is 2. The molecule has 0 fully saturated rings. The molecule has 3 amide bonds. The normalized spacial score (nSPS) is 17.6. The number of halogens is 2. The molecule has 0 saturated carbocycles. The largest absolute Gasteiger partial charge is 0.318 e. The van der Waals surface area contributed by atoms with Crippen molar-refractivity contribution in [1.29, 1.82) is 0 Å². The summed E-state index contributed by atoms with van der Waals surface area (Å²) in [6.07, 6.45) is 1.71. The molecule has 25 heavy (non-hydrogen) atoms. The Labute approximate surface area is 149 Å². The van der Waals surface area contributed by atoms with E-state index in [0.29, 0.717) is 5.57 Å². The number of imide groups is 1. The number of amides is 3. The highest BCUT2D eigenvalue weighted by atomic mass is 35.5. The summed E-state index contributed by atoms with van der Waals surface area (Å²) >= 11 is 5.55. The van der Waals surface area contributed by atoms with E-state index < -0.39 is 34.6 Å². The van der Waals surface area contributed by atoms with Crippen molar-refractivity contribution in [3.05, 3.63) is 40.7 Å². The zero-order valence-corrected chi connectivity index (χ0v) is 15.0. The Morgan fingerprint density at radius 3 is 2.28 bits per heavy atom. The minimum absolute atomic E-state index is 0.0534. The maximum Gasteiger partial charge on any atom is 0.316 e. The first kappa shape index (κ1) is 19.1. The molecule has 1 aliphatic rings. The number of nitrogens with one attached hydrogen (secondary N) is 3. The molecule has 1 aromatic rings. The van der Waals surface area contributed by atoms with Gasteiger partial charge in [-0.15, -0.1) is 0 Å². The Balaban J connectivity index is 2.05. The van der Waals surface area contributed by atoms with Gasteiger partial charge in [0, 0.05) is 22.3 Å². The third-order valence-electron chi connectivity index (χ3n) is 3.67. The maximum absolute atomic E-state index is 13.4. The summed E-state index contributed by atoms with van der Waals surface area (Å²) in [5.74, 6) is -3.62. The zero-order chi connectivity index (χ0) is 19.0. The van der Waals surface area contributed by atoms with Gasteiger partial charge < -0.3 is 5.32 Å². The van der Waals surface area contributed by atoms with Crippen molar-refractivity contribution in [2.75, 3.05) is 5.32 Å². The molecule has 1 aliphatic heterocycles. The SMILES string of the molecule is CC1(C)C=C(C(=O)NC(=O)C(=O)Nc2ccc(Cl)c(F)c2)C(C)(C)N1. The van der Waals surface area contributed by atoms with Gasteiger partial charge >= 0.3 is 11.8 Å². The van der Waals surface area contributed by atoms with Crippen molar-refractivity contribution in [3.63, 3.8) is 0 Å². The first-order valence-electron chi connectivity index (χ1n) is 7.56. The lowest BCUT2D eigenvalue weighted by Gasteiger charge is -2.27. The molecule has 8 heteroatoms. The zero-order valence-electron chi connectivity index (χ0n) is 14.3. The van der Waals surface area contributed by atoms with E-state index in [4.69, 9.17) is 11.6 Å². The van der Waals surface area contributed by atoms with Gasteiger partial charge in [-0.25, -0.2) is 4.39 Å². The van der Waals surface area contributed by atoms with E-state index in [2.05, 4.69) is 10.6 Å². The van der Waals surface area contributed by atoms with Crippen LogP contribution in [-0.4, -0.2) is 28.8 Å². The van der Waals surface area contributed by atoms with Gasteiger partial charge in [0.1, 0.15) is 5.82 Å². The lowest BCUT2D eigenvalue weighted by Crippen LogP contribution is -2.49. The minimum atomic E-state index is -1.14. The highest BCUT2D eigenvalue weighted by Gasteiger charge is 2.40. The van der Waals surface area contributed by atoms with Gasteiger partial charge in [0.15, 0.2) is 0 Å². The van der Waals surface area contributed by atoms with Crippen molar-refractivity contribution >= 4 is 35.0 Å². The van der Waals surface area contributed by atoms with Crippen LogP contribution in [0.3, 0.4) is 0 Å². The van der Waals surface area contributed by atoms with Gasteiger partial charge in [-0.1, -0.05) is 17.7 Å². The number of carbonyl (C=O) groups is 3. The third-order valence-corrected chi connectivity index (χ3v) is 3.98. The van der Waals surface area contributed by atoms with E-state index in [1.165, 1.54) is 12.1 Å². The van der Waals surface area contributed by atoms with E-state index in [1.54, 1.807) is 19.9 Å². The van der Waals surface area contributed by atoms with Crippen LogP contribution in [0.15, 0.2) is 29.8 Å². The van der Waals surface area contributed by atoms with Gasteiger partial charge in [0.2, 0.25) is 0 Å². The fourth-order valence-corrected chi connectivity index (χ4v) is 2.91. The van der Waals surface area contributed by atoms with Gasteiger partial charge in [-0.3, -0.25) is 25.0 Å². The topological polar surface area (TPSA) is 87.3 Å². The van der Waals surface area contributed by atoms with Crippen LogP contribution in [0.25, 0.3) is 0 Å². The molecule has 0 aliphatic carbocycles. The van der Waals surface area contributed by atoms with Crippen molar-refractivity contribution < 1.29 is 18.8 Å². The second-order valence-corrected chi connectivity index (χ2v) is 7.30. The van der Waals surface area contributed by atoms with E-state index in [-0.39, 0.29) is 10.7 Å². The Hall–Kier alpha value is -2.25. The Kier molecular flexibility index (Phi) is 5.02. The van der Waals surface area contributed by atoms with Crippen LogP contribution in [0, 0.1) is 5.82 Å². The first-order valence-corrected chi connectivity index (χ1v) is 7.93. The Morgan fingerprint density at radius 1 is 1.12 bits per heavy atom. The lowest BCUT2D eigenvalue weighted by molar-refractivity contribution is -0.139. The van der Waals surface area contributed by atoms with Crippen LogP contribution < -0.4 is 16.0 Å². The lowest BCUT2D eigenvalue weighted by atomic mass is 9.96. The second-order valence-electron chi connectivity index (χ2n) is 6.90. The Morgan fingerprint density at radius 2 is 1.76 bits per heavy atom. The first-order chi connectivity index (χ1) is 11.4. The molecule has 134 valence electrons. The van der Waals surface area contributed by atoms with E-state index in [0.717, 1.165) is 6.07 Å². The van der Waals surface area contributed by atoms with Gasteiger partial charge in [-0.2, -0.15) is 0 Å². The predicted molar refractivity (Wildman–Crippen MR) is 92.6 cm³/mol. The van der Waals surface area contributed by atoms with Crippen LogP contribution in [-0.2, 0) is 14.4 Å². The predicted octanol–water partition coefficient (Wildman–Crippen LogP) is 2.15. The van der Waals surface area contributed by atoms with Crippen LogP contribution in [0.5, 0.6) is 0 Å². The summed E-state index contributed by atoms with van der Waals surface area (Å²) in [5, 5.41) is 7.38. The molecule has 0 atom stereocenters. The second kappa shape index (κ2) is 6.57. The summed E-state index contributed by atoms with van der Waals surface area (Å²) in [7, 11) is 0. The average molecular weight is 368 g/mol. The van der Waals surface area contributed by atoms with E-state index in [1.807, 2.05) is 19.2 Å². The molecule has 0 radical (unpaired) electrons. The molecular weight excluding hydrogens is 349 g/mol. The summed E-state index contributed by atoms with van der Waals surface area (Å²) in [5.41, 5.74) is -0.653. The number of carbonyl (C=O) groups excluding carboxylic acids is 3. The molecule has 1 heterocycles. The third kappa shape index (κ3) is 4.43. The number of hydrogen-bond acceptors (Lipinski definition) is 4. The fraction of sp³-hybridized carbons (Fsp3) is 0.353. The van der Waals surface area contributed by atoms with Crippen LogP contribution in [0.4, 0.5) is 10.1 Å². The quantitative estimate of drug-likeness (QED) is 0.699. The Bertz CT molecular complexity index is 787. The van der Waals surface area contributed by atoms with Gasteiger partial charge in [0.05, 0.1) is 5.02 Å². The summed E-state index contributed by atoms with van der Waals surface area (Å²) in [4.78, 5) is 36.1. The van der Waals surface area contributed by atoms with Crippen molar-refractivity contribution in [2.45, 2.75) is 38.8 Å². The molecule has 6 nitrogen and oxygen atoms in total. The van der Waals surface area contributed by atoms with Crippen LogP contribution >= 0.6 is 11.6 Å². The van der Waals surface area contributed by atoms with E-state index >= 15 is 0 Å². The molecule has 0 saturated heterocycles. The molecule has 0 unspecified atom stereocenters. The average Bonchev–Trinajstić information content (AvgIpc) is 2.70. The smallest absolute Gasteiger partial charge is 0.316 e.